The second-order valence-corrected chi connectivity index (χ2v) is 5.54. The second kappa shape index (κ2) is 6.17. The summed E-state index contributed by atoms with van der Waals surface area (Å²) in [6, 6.07) is 10.4. The highest BCUT2D eigenvalue weighted by molar-refractivity contribution is 5.91. The average Bonchev–Trinajstić information content (AvgIpc) is 2.35. The fourth-order valence-corrected chi connectivity index (χ4v) is 2.97. The minimum Gasteiger partial charge on any atom is -0.299 e. The lowest BCUT2D eigenvalue weighted by molar-refractivity contribution is -0.127. The minimum absolute atomic E-state index is 0.118. The molecule has 0 spiro atoms. The Labute approximate surface area is 111 Å². The van der Waals surface area contributed by atoms with Gasteiger partial charge in [-0.25, -0.2) is 0 Å². The van der Waals surface area contributed by atoms with Crippen LogP contribution in [0.5, 0.6) is 0 Å². The Morgan fingerprint density at radius 2 is 1.83 bits per heavy atom. The Kier molecular flexibility index (Phi) is 4.57. The van der Waals surface area contributed by atoms with E-state index in [1.54, 1.807) is 0 Å². The Balaban J connectivity index is 1.98. The van der Waals surface area contributed by atoms with Gasteiger partial charge in [0.05, 0.1) is 5.41 Å². The van der Waals surface area contributed by atoms with Crippen LogP contribution in [0.4, 0.5) is 0 Å². The summed E-state index contributed by atoms with van der Waals surface area (Å²) in [5.41, 5.74) is 1.13. The molecule has 0 N–H and O–H groups in total. The first-order valence-electron chi connectivity index (χ1n) is 7.38. The zero-order valence-corrected chi connectivity index (χ0v) is 11.5. The molecule has 2 rings (SSSR count). The maximum absolute atomic E-state index is 12.5. The van der Waals surface area contributed by atoms with Crippen molar-refractivity contribution in [3.05, 3.63) is 35.9 Å². The van der Waals surface area contributed by atoms with Gasteiger partial charge in [0.25, 0.3) is 0 Å². The second-order valence-electron chi connectivity index (χ2n) is 5.54. The number of Topliss-reactive ketones (excluding diaryl/α,β-unsaturated/α-hetero) is 1. The van der Waals surface area contributed by atoms with Crippen LogP contribution in [0.3, 0.4) is 0 Å². The van der Waals surface area contributed by atoms with Gasteiger partial charge < -0.3 is 0 Å². The molecule has 0 aromatic heterocycles. The smallest absolute Gasteiger partial charge is 0.143 e. The summed E-state index contributed by atoms with van der Waals surface area (Å²) < 4.78 is 0. The number of unbranched alkanes of at least 4 members (excludes halogenated alkanes) is 3. The van der Waals surface area contributed by atoms with Crippen molar-refractivity contribution in [1.82, 2.24) is 0 Å². The molecule has 0 unspecified atom stereocenters. The van der Waals surface area contributed by atoms with Gasteiger partial charge in [0.2, 0.25) is 0 Å². The highest BCUT2D eigenvalue weighted by Gasteiger charge is 2.44. The summed E-state index contributed by atoms with van der Waals surface area (Å²) in [6.07, 6.45) is 8.86. The van der Waals surface area contributed by atoms with E-state index in [9.17, 15) is 4.79 Å². The molecule has 0 aliphatic heterocycles. The third-order valence-corrected chi connectivity index (χ3v) is 4.32. The van der Waals surface area contributed by atoms with Gasteiger partial charge in [-0.3, -0.25) is 4.79 Å². The van der Waals surface area contributed by atoms with Gasteiger partial charge in [-0.1, -0.05) is 62.9 Å². The van der Waals surface area contributed by atoms with E-state index in [2.05, 4.69) is 31.2 Å². The molecule has 1 aliphatic carbocycles. The molecular weight excluding hydrogens is 220 g/mol. The van der Waals surface area contributed by atoms with E-state index in [4.69, 9.17) is 0 Å². The van der Waals surface area contributed by atoms with Crippen molar-refractivity contribution in [2.45, 2.75) is 63.7 Å². The molecule has 1 aromatic carbocycles. The van der Waals surface area contributed by atoms with Crippen LogP contribution in [0.1, 0.15) is 63.9 Å². The van der Waals surface area contributed by atoms with Gasteiger partial charge in [-0.15, -0.1) is 0 Å². The van der Waals surface area contributed by atoms with Crippen LogP contribution >= 0.6 is 0 Å². The highest BCUT2D eigenvalue weighted by atomic mass is 16.1. The van der Waals surface area contributed by atoms with E-state index >= 15 is 0 Å². The van der Waals surface area contributed by atoms with Crippen LogP contribution in [-0.2, 0) is 10.2 Å². The Morgan fingerprint density at radius 3 is 2.39 bits per heavy atom. The lowest BCUT2D eigenvalue weighted by atomic mass is 9.61. The predicted molar refractivity (Wildman–Crippen MR) is 75.7 cm³/mol. The number of carbonyl (C=O) groups is 1. The Morgan fingerprint density at radius 1 is 1.11 bits per heavy atom. The van der Waals surface area contributed by atoms with Crippen molar-refractivity contribution < 1.29 is 4.79 Å². The highest BCUT2D eigenvalue weighted by Crippen LogP contribution is 2.45. The summed E-state index contributed by atoms with van der Waals surface area (Å²) in [7, 11) is 0. The van der Waals surface area contributed by atoms with Crippen LogP contribution in [0.2, 0.25) is 0 Å². The van der Waals surface area contributed by atoms with E-state index < -0.39 is 0 Å². The molecule has 1 heteroatoms. The maximum atomic E-state index is 12.5. The number of hydrogen-bond acceptors (Lipinski definition) is 1. The van der Waals surface area contributed by atoms with E-state index in [-0.39, 0.29) is 5.41 Å². The molecule has 1 aliphatic rings. The van der Waals surface area contributed by atoms with Crippen molar-refractivity contribution in [2.75, 3.05) is 0 Å². The molecule has 1 aromatic rings. The lowest BCUT2D eigenvalue weighted by Gasteiger charge is -2.41. The normalized spacial score (nSPS) is 17.2. The van der Waals surface area contributed by atoms with Crippen LogP contribution < -0.4 is 0 Å². The molecular formula is C17H24O. The van der Waals surface area contributed by atoms with Crippen molar-refractivity contribution in [1.29, 1.82) is 0 Å². The topological polar surface area (TPSA) is 17.1 Å². The van der Waals surface area contributed by atoms with Gasteiger partial charge in [0.15, 0.2) is 0 Å². The van der Waals surface area contributed by atoms with Crippen molar-refractivity contribution in [3.63, 3.8) is 0 Å². The summed E-state index contributed by atoms with van der Waals surface area (Å²) in [4.78, 5) is 12.5. The molecule has 18 heavy (non-hydrogen) atoms. The van der Waals surface area contributed by atoms with Crippen molar-refractivity contribution in [3.8, 4) is 0 Å². The SMILES string of the molecule is CCCCCCC(=O)C1(c2ccccc2)CCC1. The summed E-state index contributed by atoms with van der Waals surface area (Å²) >= 11 is 0. The molecule has 1 nitrogen and oxygen atoms in total. The fraction of sp³-hybridized carbons (Fsp3) is 0.588. The average molecular weight is 244 g/mol. The van der Waals surface area contributed by atoms with E-state index in [0.29, 0.717) is 5.78 Å². The summed E-state index contributed by atoms with van der Waals surface area (Å²) in [5, 5.41) is 0. The molecule has 1 fully saturated rings. The van der Waals surface area contributed by atoms with Crippen molar-refractivity contribution in [2.24, 2.45) is 0 Å². The van der Waals surface area contributed by atoms with Crippen molar-refractivity contribution >= 4 is 5.78 Å². The third kappa shape index (κ3) is 2.66. The van der Waals surface area contributed by atoms with Crippen LogP contribution in [-0.4, -0.2) is 5.78 Å². The molecule has 0 radical (unpaired) electrons. The van der Waals surface area contributed by atoms with E-state index in [0.717, 1.165) is 25.7 Å². The molecule has 0 heterocycles. The quantitative estimate of drug-likeness (QED) is 0.638. The van der Waals surface area contributed by atoms with Gasteiger partial charge in [0.1, 0.15) is 5.78 Å². The molecule has 1 saturated carbocycles. The number of benzene rings is 1. The molecule has 98 valence electrons. The molecule has 0 bridgehead atoms. The zero-order chi connectivity index (χ0) is 12.8. The monoisotopic (exact) mass is 244 g/mol. The molecule has 0 atom stereocenters. The van der Waals surface area contributed by atoms with Gasteiger partial charge in [-0.05, 0) is 24.8 Å². The number of ketones is 1. The van der Waals surface area contributed by atoms with Gasteiger partial charge >= 0.3 is 0 Å². The number of hydrogen-bond donors (Lipinski definition) is 0. The minimum atomic E-state index is -0.118. The standard InChI is InChI=1S/C17H24O/c1-2-3-4-8-12-16(18)17(13-9-14-17)15-10-6-5-7-11-15/h5-7,10-11H,2-4,8-9,12-14H2,1H3. The Hall–Kier alpha value is -1.11. The number of rotatable bonds is 7. The Bertz CT molecular complexity index is 376. The van der Waals surface area contributed by atoms with E-state index in [1.807, 2.05) is 6.07 Å². The van der Waals surface area contributed by atoms with Crippen LogP contribution in [0.25, 0.3) is 0 Å². The predicted octanol–water partition coefficient (Wildman–Crippen LogP) is 4.65. The maximum Gasteiger partial charge on any atom is 0.143 e. The summed E-state index contributed by atoms with van der Waals surface area (Å²) in [5.74, 6) is 0.482. The van der Waals surface area contributed by atoms with Crippen LogP contribution in [0, 0.1) is 0 Å². The molecule has 0 saturated heterocycles. The lowest BCUT2D eigenvalue weighted by Crippen LogP contribution is -2.42. The molecule has 0 amide bonds. The van der Waals surface area contributed by atoms with Gasteiger partial charge in [0, 0.05) is 6.42 Å². The van der Waals surface area contributed by atoms with E-state index in [1.165, 1.54) is 31.2 Å². The zero-order valence-electron chi connectivity index (χ0n) is 11.5. The first kappa shape index (κ1) is 13.3. The summed E-state index contributed by atoms with van der Waals surface area (Å²) in [6.45, 7) is 2.21. The van der Waals surface area contributed by atoms with Gasteiger partial charge in [-0.2, -0.15) is 0 Å². The first-order chi connectivity index (χ1) is 8.79. The first-order valence-corrected chi connectivity index (χ1v) is 7.38. The third-order valence-electron chi connectivity index (χ3n) is 4.32. The number of carbonyl (C=O) groups excluding carboxylic acids is 1. The largest absolute Gasteiger partial charge is 0.299 e. The van der Waals surface area contributed by atoms with Crippen LogP contribution in [0.15, 0.2) is 30.3 Å². The fourth-order valence-electron chi connectivity index (χ4n) is 2.97.